The average Bonchev–Trinajstić information content (AvgIpc) is 2.40. The van der Waals surface area contributed by atoms with Crippen LogP contribution in [0.4, 0.5) is 0 Å². The van der Waals surface area contributed by atoms with Crippen molar-refractivity contribution in [3.63, 3.8) is 0 Å². The van der Waals surface area contributed by atoms with E-state index in [4.69, 9.17) is 16.3 Å². The number of rotatable bonds is 0. The number of hydrogen-bond acceptors (Lipinski definition) is 1. The highest BCUT2D eigenvalue weighted by molar-refractivity contribution is 6.20. The van der Waals surface area contributed by atoms with Gasteiger partial charge in [0.1, 0.15) is 0 Å². The molecule has 3 unspecified atom stereocenters. The molecule has 1 aliphatic heterocycles. The zero-order valence-electron chi connectivity index (χ0n) is 11.6. The van der Waals surface area contributed by atoms with Crippen LogP contribution in [0.2, 0.25) is 0 Å². The van der Waals surface area contributed by atoms with Crippen molar-refractivity contribution < 1.29 is 4.74 Å². The summed E-state index contributed by atoms with van der Waals surface area (Å²) in [6.45, 7) is 8.00. The number of hydrogen-bond donors (Lipinski definition) is 0. The van der Waals surface area contributed by atoms with E-state index in [0.29, 0.717) is 10.8 Å². The van der Waals surface area contributed by atoms with E-state index in [1.165, 1.54) is 32.1 Å². The molecule has 2 rings (SSSR count). The minimum Gasteiger partial charge on any atom is -0.375 e. The largest absolute Gasteiger partial charge is 0.375 e. The van der Waals surface area contributed by atoms with Crippen LogP contribution in [0.1, 0.15) is 65.7 Å². The first-order valence-corrected chi connectivity index (χ1v) is 7.63. The molecule has 1 nitrogen and oxygen atoms in total. The highest BCUT2D eigenvalue weighted by atomic mass is 35.5. The summed E-state index contributed by atoms with van der Waals surface area (Å²) < 4.78 is 6.13. The maximum atomic E-state index is 6.34. The molecule has 2 heteroatoms. The molecule has 1 aliphatic carbocycles. The second kappa shape index (κ2) is 5.09. The Kier molecular flexibility index (Phi) is 4.09. The van der Waals surface area contributed by atoms with Gasteiger partial charge in [0.25, 0.3) is 0 Å². The molecule has 0 radical (unpaired) electrons. The summed E-state index contributed by atoms with van der Waals surface area (Å²) in [6, 6.07) is 0. The maximum absolute atomic E-state index is 6.34. The first kappa shape index (κ1) is 13.7. The van der Waals surface area contributed by atoms with Crippen molar-refractivity contribution in [1.29, 1.82) is 0 Å². The molecule has 1 saturated carbocycles. The molecule has 17 heavy (non-hydrogen) atoms. The van der Waals surface area contributed by atoms with Gasteiger partial charge in [-0.25, -0.2) is 0 Å². The summed E-state index contributed by atoms with van der Waals surface area (Å²) in [7, 11) is 0. The fraction of sp³-hybridized carbons (Fsp3) is 1.00. The molecule has 2 fully saturated rings. The van der Waals surface area contributed by atoms with Crippen molar-refractivity contribution in [2.75, 3.05) is 6.61 Å². The summed E-state index contributed by atoms with van der Waals surface area (Å²) >= 11 is 6.34. The van der Waals surface area contributed by atoms with E-state index in [2.05, 4.69) is 20.8 Å². The van der Waals surface area contributed by atoms with Crippen LogP contribution in [-0.4, -0.2) is 17.6 Å². The van der Waals surface area contributed by atoms with Crippen molar-refractivity contribution in [1.82, 2.24) is 0 Å². The van der Waals surface area contributed by atoms with E-state index in [1.807, 2.05) is 0 Å². The summed E-state index contributed by atoms with van der Waals surface area (Å²) in [6.07, 6.45) is 8.54. The van der Waals surface area contributed by atoms with Crippen molar-refractivity contribution in [2.45, 2.75) is 76.7 Å². The molecule has 1 saturated heterocycles. The topological polar surface area (TPSA) is 9.23 Å². The van der Waals surface area contributed by atoms with E-state index >= 15 is 0 Å². The third-order valence-corrected chi connectivity index (χ3v) is 5.16. The molecule has 0 bridgehead atoms. The monoisotopic (exact) mass is 258 g/mol. The Bertz CT molecular complexity index is 258. The van der Waals surface area contributed by atoms with E-state index in [9.17, 15) is 0 Å². The van der Waals surface area contributed by atoms with Gasteiger partial charge in [0, 0.05) is 12.0 Å². The van der Waals surface area contributed by atoms with Crippen LogP contribution in [0.25, 0.3) is 0 Å². The number of alkyl halides is 1. The fourth-order valence-corrected chi connectivity index (χ4v) is 3.93. The Morgan fingerprint density at radius 1 is 1.12 bits per heavy atom. The molecule has 0 aromatic rings. The van der Waals surface area contributed by atoms with Gasteiger partial charge in [0.15, 0.2) is 0 Å². The van der Waals surface area contributed by atoms with Gasteiger partial charge in [-0.3, -0.25) is 0 Å². The molecule has 1 spiro atoms. The molecule has 2 aliphatic rings. The Hall–Kier alpha value is 0.250. The molecule has 3 atom stereocenters. The molecular formula is C15H27ClO. The van der Waals surface area contributed by atoms with Gasteiger partial charge in [-0.1, -0.05) is 27.2 Å². The Balaban J connectivity index is 1.99. The molecule has 0 N–H and O–H groups in total. The SMILES string of the molecule is CC(C)(C)C1CCCC2(CC1)CC(Cl)CCO2. The molecule has 1 heterocycles. The predicted octanol–water partition coefficient (Wildman–Crippen LogP) is 4.77. The van der Waals surface area contributed by atoms with Crippen LogP contribution in [-0.2, 0) is 4.74 Å². The third kappa shape index (κ3) is 3.38. The van der Waals surface area contributed by atoms with Gasteiger partial charge in [-0.15, -0.1) is 11.6 Å². The number of ether oxygens (including phenoxy) is 1. The van der Waals surface area contributed by atoms with Gasteiger partial charge in [-0.2, -0.15) is 0 Å². The zero-order chi connectivity index (χ0) is 12.5. The van der Waals surface area contributed by atoms with Gasteiger partial charge in [0.05, 0.1) is 5.60 Å². The molecule has 0 aromatic carbocycles. The third-order valence-electron chi connectivity index (χ3n) is 4.79. The first-order chi connectivity index (χ1) is 7.91. The highest BCUT2D eigenvalue weighted by Gasteiger charge is 2.40. The van der Waals surface area contributed by atoms with Gasteiger partial charge >= 0.3 is 0 Å². The van der Waals surface area contributed by atoms with E-state index in [0.717, 1.165) is 25.4 Å². The van der Waals surface area contributed by atoms with Crippen LogP contribution >= 0.6 is 11.6 Å². The standard InChI is InChI=1S/C15H27ClO/c1-14(2,3)12-5-4-8-15(9-6-12)11-13(16)7-10-17-15/h12-13H,4-11H2,1-3H3. The Morgan fingerprint density at radius 3 is 2.53 bits per heavy atom. The second-order valence-electron chi connectivity index (χ2n) is 7.12. The van der Waals surface area contributed by atoms with E-state index in [1.54, 1.807) is 0 Å². The zero-order valence-corrected chi connectivity index (χ0v) is 12.4. The molecule has 0 aromatic heterocycles. The van der Waals surface area contributed by atoms with Gasteiger partial charge < -0.3 is 4.74 Å². The summed E-state index contributed by atoms with van der Waals surface area (Å²) in [4.78, 5) is 0. The lowest BCUT2D eigenvalue weighted by atomic mass is 9.76. The Morgan fingerprint density at radius 2 is 1.88 bits per heavy atom. The van der Waals surface area contributed by atoms with Gasteiger partial charge in [-0.05, 0) is 49.9 Å². The lowest BCUT2D eigenvalue weighted by Gasteiger charge is -2.39. The fourth-order valence-electron chi connectivity index (χ4n) is 3.56. The van der Waals surface area contributed by atoms with Crippen LogP contribution < -0.4 is 0 Å². The maximum Gasteiger partial charge on any atom is 0.0696 e. The quantitative estimate of drug-likeness (QED) is 0.569. The Labute approximate surface area is 111 Å². The smallest absolute Gasteiger partial charge is 0.0696 e. The normalized spacial score (nSPS) is 40.2. The average molecular weight is 259 g/mol. The minimum atomic E-state index is 0.130. The van der Waals surface area contributed by atoms with E-state index in [-0.39, 0.29) is 5.60 Å². The molecular weight excluding hydrogens is 232 g/mol. The van der Waals surface area contributed by atoms with Crippen LogP contribution in [0.5, 0.6) is 0 Å². The van der Waals surface area contributed by atoms with Crippen molar-refractivity contribution in [3.8, 4) is 0 Å². The lowest BCUT2D eigenvalue weighted by molar-refractivity contribution is -0.0867. The van der Waals surface area contributed by atoms with Crippen LogP contribution in [0, 0.1) is 11.3 Å². The van der Waals surface area contributed by atoms with Crippen molar-refractivity contribution in [2.24, 2.45) is 11.3 Å². The van der Waals surface area contributed by atoms with E-state index < -0.39 is 0 Å². The second-order valence-corrected chi connectivity index (χ2v) is 7.73. The van der Waals surface area contributed by atoms with Gasteiger partial charge in [0.2, 0.25) is 0 Å². The molecule has 0 amide bonds. The number of halogens is 1. The summed E-state index contributed by atoms with van der Waals surface area (Å²) in [5, 5.41) is 0.343. The predicted molar refractivity (Wildman–Crippen MR) is 73.6 cm³/mol. The van der Waals surface area contributed by atoms with Crippen LogP contribution in [0.15, 0.2) is 0 Å². The van der Waals surface area contributed by atoms with Crippen molar-refractivity contribution in [3.05, 3.63) is 0 Å². The van der Waals surface area contributed by atoms with Crippen LogP contribution in [0.3, 0.4) is 0 Å². The van der Waals surface area contributed by atoms with Crippen molar-refractivity contribution >= 4 is 11.6 Å². The lowest BCUT2D eigenvalue weighted by Crippen LogP contribution is -2.40. The first-order valence-electron chi connectivity index (χ1n) is 7.19. The minimum absolute atomic E-state index is 0.130. The highest BCUT2D eigenvalue weighted by Crippen LogP contribution is 2.44. The summed E-state index contributed by atoms with van der Waals surface area (Å²) in [5.41, 5.74) is 0.575. The summed E-state index contributed by atoms with van der Waals surface area (Å²) in [5.74, 6) is 0.848. The molecule has 100 valence electrons.